The molecule has 1 atom stereocenters. The monoisotopic (exact) mass is 329 g/mol. The topological polar surface area (TPSA) is 52.3 Å². The van der Waals surface area contributed by atoms with Gasteiger partial charge in [-0.3, -0.25) is 0 Å². The van der Waals surface area contributed by atoms with Crippen LogP contribution in [0, 0.1) is 0 Å². The van der Waals surface area contributed by atoms with Gasteiger partial charge in [-0.05, 0) is 57.1 Å². The Morgan fingerprint density at radius 1 is 1.26 bits per heavy atom. The van der Waals surface area contributed by atoms with Gasteiger partial charge >= 0.3 is 5.97 Å². The van der Waals surface area contributed by atoms with Gasteiger partial charge in [-0.15, -0.1) is 11.3 Å². The van der Waals surface area contributed by atoms with Crippen molar-refractivity contribution in [3.63, 3.8) is 0 Å². The lowest BCUT2D eigenvalue weighted by atomic mass is 9.83. The zero-order valence-electron chi connectivity index (χ0n) is 13.9. The number of ether oxygens (including phenoxy) is 1. The molecule has 0 radical (unpaired) electrons. The lowest BCUT2D eigenvalue weighted by molar-refractivity contribution is 0.00699. The molecule has 0 spiro atoms. The van der Waals surface area contributed by atoms with E-state index in [1.54, 1.807) is 11.3 Å². The number of thiophene rings is 1. The Morgan fingerprint density at radius 2 is 1.96 bits per heavy atom. The fourth-order valence-electron chi connectivity index (χ4n) is 3.17. The molecule has 1 aromatic heterocycles. The van der Waals surface area contributed by atoms with Crippen molar-refractivity contribution >= 4 is 22.3 Å². The van der Waals surface area contributed by atoms with E-state index in [0.717, 1.165) is 24.8 Å². The van der Waals surface area contributed by atoms with E-state index >= 15 is 0 Å². The van der Waals surface area contributed by atoms with Gasteiger partial charge in [0.1, 0.15) is 10.6 Å². The van der Waals surface area contributed by atoms with Gasteiger partial charge in [0.05, 0.1) is 5.56 Å². The van der Waals surface area contributed by atoms with E-state index in [0.29, 0.717) is 16.5 Å². The number of carbonyl (C=O) groups excluding carboxylic acids is 1. The van der Waals surface area contributed by atoms with Crippen LogP contribution in [-0.4, -0.2) is 11.6 Å². The first-order valence-electron chi connectivity index (χ1n) is 8.03. The van der Waals surface area contributed by atoms with E-state index in [2.05, 4.69) is 24.3 Å². The molecular weight excluding hydrogens is 306 g/mol. The van der Waals surface area contributed by atoms with Gasteiger partial charge in [0.15, 0.2) is 0 Å². The average molecular weight is 329 g/mol. The summed E-state index contributed by atoms with van der Waals surface area (Å²) in [5.41, 5.74) is 8.72. The number of carbonyl (C=O) groups is 1. The highest BCUT2D eigenvalue weighted by molar-refractivity contribution is 7.16. The van der Waals surface area contributed by atoms with Gasteiger partial charge in [-0.25, -0.2) is 4.79 Å². The fourth-order valence-corrected chi connectivity index (χ4v) is 4.36. The van der Waals surface area contributed by atoms with Crippen LogP contribution in [0.4, 0.5) is 5.00 Å². The number of esters is 1. The summed E-state index contributed by atoms with van der Waals surface area (Å²) in [6, 6.07) is 10.6. The fraction of sp³-hybridized carbons (Fsp3) is 0.421. The number of benzene rings is 1. The number of hydrogen-bond donors (Lipinski definition) is 1. The first kappa shape index (κ1) is 16.1. The molecule has 4 heteroatoms. The molecule has 0 bridgehead atoms. The standard InChI is InChI=1S/C19H23NO2S/c1-19(2,3)22-18(21)16-14-10-9-13(11-15(14)23-17(16)20)12-7-5-4-6-8-12/h4-8,13H,9-11,20H2,1-3H3. The van der Waals surface area contributed by atoms with Gasteiger partial charge in [0, 0.05) is 4.88 Å². The largest absolute Gasteiger partial charge is 0.456 e. The van der Waals surface area contributed by atoms with Crippen LogP contribution in [0.3, 0.4) is 0 Å². The number of nitrogen functional groups attached to an aromatic ring is 1. The van der Waals surface area contributed by atoms with Crippen molar-refractivity contribution in [2.24, 2.45) is 0 Å². The molecule has 1 unspecified atom stereocenters. The normalized spacial score (nSPS) is 17.6. The van der Waals surface area contributed by atoms with Gasteiger partial charge < -0.3 is 10.5 Å². The van der Waals surface area contributed by atoms with Gasteiger partial charge in [0.25, 0.3) is 0 Å². The van der Waals surface area contributed by atoms with E-state index in [4.69, 9.17) is 10.5 Å². The number of hydrogen-bond acceptors (Lipinski definition) is 4. The first-order valence-corrected chi connectivity index (χ1v) is 8.85. The van der Waals surface area contributed by atoms with Gasteiger partial charge in [-0.2, -0.15) is 0 Å². The van der Waals surface area contributed by atoms with E-state index in [1.165, 1.54) is 10.4 Å². The van der Waals surface area contributed by atoms with Gasteiger partial charge in [-0.1, -0.05) is 30.3 Å². The van der Waals surface area contributed by atoms with Crippen LogP contribution in [0.5, 0.6) is 0 Å². The quantitative estimate of drug-likeness (QED) is 0.822. The van der Waals surface area contributed by atoms with Crippen LogP contribution >= 0.6 is 11.3 Å². The minimum absolute atomic E-state index is 0.286. The lowest BCUT2D eigenvalue weighted by Crippen LogP contribution is -2.25. The molecule has 0 saturated heterocycles. The van der Waals surface area contributed by atoms with E-state index in [9.17, 15) is 4.79 Å². The molecule has 2 N–H and O–H groups in total. The first-order chi connectivity index (χ1) is 10.8. The molecule has 1 heterocycles. The van der Waals surface area contributed by atoms with Crippen molar-refractivity contribution < 1.29 is 9.53 Å². The molecule has 0 amide bonds. The van der Waals surface area contributed by atoms with Crippen LogP contribution in [0.25, 0.3) is 0 Å². The van der Waals surface area contributed by atoms with Crippen molar-refractivity contribution in [1.29, 1.82) is 0 Å². The van der Waals surface area contributed by atoms with Crippen LogP contribution in [-0.2, 0) is 17.6 Å². The average Bonchev–Trinajstić information content (AvgIpc) is 2.81. The Hall–Kier alpha value is -1.81. The third-order valence-electron chi connectivity index (χ3n) is 4.17. The van der Waals surface area contributed by atoms with Crippen molar-refractivity contribution in [3.8, 4) is 0 Å². The van der Waals surface area contributed by atoms with Crippen LogP contribution in [0.15, 0.2) is 30.3 Å². The van der Waals surface area contributed by atoms with Crippen molar-refractivity contribution in [1.82, 2.24) is 0 Å². The summed E-state index contributed by atoms with van der Waals surface area (Å²) in [7, 11) is 0. The van der Waals surface area contributed by atoms with E-state index < -0.39 is 5.60 Å². The number of nitrogens with two attached hydrogens (primary N) is 1. The third kappa shape index (κ3) is 3.42. The molecule has 3 nitrogen and oxygen atoms in total. The molecule has 0 saturated carbocycles. The molecular formula is C19H23NO2S. The van der Waals surface area contributed by atoms with Crippen molar-refractivity contribution in [3.05, 3.63) is 51.9 Å². The Kier molecular flexibility index (Phi) is 4.19. The minimum atomic E-state index is -0.500. The molecule has 1 aromatic carbocycles. The molecule has 0 fully saturated rings. The second-order valence-corrected chi connectivity index (χ2v) is 8.23. The number of fused-ring (bicyclic) bond motifs is 1. The SMILES string of the molecule is CC(C)(C)OC(=O)c1c(N)sc2c1CCC(c1ccccc1)C2. The third-order valence-corrected chi connectivity index (χ3v) is 5.25. The highest BCUT2D eigenvalue weighted by Gasteiger charge is 2.30. The Bertz CT molecular complexity index is 713. The van der Waals surface area contributed by atoms with E-state index in [-0.39, 0.29) is 5.97 Å². The number of anilines is 1. The maximum atomic E-state index is 12.5. The van der Waals surface area contributed by atoms with Crippen LogP contribution in [0.2, 0.25) is 0 Å². The van der Waals surface area contributed by atoms with Gasteiger partial charge in [0.2, 0.25) is 0 Å². The highest BCUT2D eigenvalue weighted by Crippen LogP contribution is 2.41. The second-order valence-electron chi connectivity index (χ2n) is 7.10. The summed E-state index contributed by atoms with van der Waals surface area (Å²) in [5.74, 6) is 0.221. The summed E-state index contributed by atoms with van der Waals surface area (Å²) in [6.07, 6.45) is 2.89. The molecule has 3 rings (SSSR count). The van der Waals surface area contributed by atoms with Crippen molar-refractivity contribution in [2.75, 3.05) is 5.73 Å². The Morgan fingerprint density at radius 3 is 2.61 bits per heavy atom. The zero-order chi connectivity index (χ0) is 16.6. The zero-order valence-corrected chi connectivity index (χ0v) is 14.7. The molecule has 23 heavy (non-hydrogen) atoms. The molecule has 1 aliphatic rings. The highest BCUT2D eigenvalue weighted by atomic mass is 32.1. The maximum Gasteiger partial charge on any atom is 0.341 e. The van der Waals surface area contributed by atoms with Crippen molar-refractivity contribution in [2.45, 2.75) is 51.6 Å². The van der Waals surface area contributed by atoms with Crippen LogP contribution < -0.4 is 5.73 Å². The summed E-state index contributed by atoms with van der Waals surface area (Å²) < 4.78 is 5.53. The summed E-state index contributed by atoms with van der Waals surface area (Å²) in [6.45, 7) is 5.64. The lowest BCUT2D eigenvalue weighted by Gasteiger charge is -2.24. The second kappa shape index (κ2) is 6.00. The summed E-state index contributed by atoms with van der Waals surface area (Å²) in [5, 5.41) is 0.595. The maximum absolute atomic E-state index is 12.5. The summed E-state index contributed by atoms with van der Waals surface area (Å²) >= 11 is 1.55. The van der Waals surface area contributed by atoms with E-state index in [1.807, 2.05) is 26.8 Å². The smallest absolute Gasteiger partial charge is 0.341 e. The van der Waals surface area contributed by atoms with Crippen LogP contribution in [0.1, 0.15) is 59.5 Å². The Balaban J connectivity index is 1.86. The Labute approximate surface area is 141 Å². The minimum Gasteiger partial charge on any atom is -0.456 e. The number of rotatable bonds is 2. The molecule has 122 valence electrons. The molecule has 1 aliphatic carbocycles. The predicted molar refractivity (Wildman–Crippen MR) is 95.1 cm³/mol. The summed E-state index contributed by atoms with van der Waals surface area (Å²) in [4.78, 5) is 13.7. The predicted octanol–water partition coefficient (Wildman–Crippen LogP) is 4.56. The molecule has 0 aliphatic heterocycles. The molecule has 2 aromatic rings.